The molecule has 0 fully saturated rings. The van der Waals surface area contributed by atoms with Crippen molar-refractivity contribution < 1.29 is 51.8 Å². The number of methoxy groups -OCH3 is 1. The zero-order valence-electron chi connectivity index (χ0n) is 26.8. The van der Waals surface area contributed by atoms with Crippen molar-refractivity contribution in [1.29, 1.82) is 0 Å². The summed E-state index contributed by atoms with van der Waals surface area (Å²) in [5.74, 6) is -0.985. The van der Waals surface area contributed by atoms with E-state index in [1.165, 1.54) is 36.9 Å². The lowest BCUT2D eigenvalue weighted by Gasteiger charge is -2.27. The van der Waals surface area contributed by atoms with Gasteiger partial charge in [-0.1, -0.05) is 0 Å². The molecular weight excluding hydrogens is 621 g/mol. The third-order valence-corrected chi connectivity index (χ3v) is 8.77. The summed E-state index contributed by atoms with van der Waals surface area (Å²) < 4.78 is 46.3. The van der Waals surface area contributed by atoms with Gasteiger partial charge in [-0.2, -0.15) is 14.7 Å². The number of imide groups is 1. The molecular formula is C26H42N5O11PS. The summed E-state index contributed by atoms with van der Waals surface area (Å²) in [6, 6.07) is 0. The zero-order valence-corrected chi connectivity index (χ0v) is 28.5. The molecule has 0 bridgehead atoms. The Morgan fingerprint density at radius 1 is 0.977 bits per heavy atom. The normalized spacial score (nSPS) is 12.9. The van der Waals surface area contributed by atoms with Crippen LogP contribution in [0.2, 0.25) is 0 Å². The Morgan fingerprint density at radius 2 is 1.55 bits per heavy atom. The maximum Gasteiger partial charge on any atom is 0.427 e. The van der Waals surface area contributed by atoms with Crippen LogP contribution in [0.15, 0.2) is 6.33 Å². The fourth-order valence-electron chi connectivity index (χ4n) is 3.25. The van der Waals surface area contributed by atoms with Crippen LogP contribution in [-0.2, 0) is 32.6 Å². The molecule has 2 heterocycles. The van der Waals surface area contributed by atoms with E-state index in [4.69, 9.17) is 32.8 Å². The highest BCUT2D eigenvalue weighted by molar-refractivity contribution is 8.05. The van der Waals surface area contributed by atoms with Gasteiger partial charge < -0.3 is 32.8 Å². The minimum absolute atomic E-state index is 0.0183. The maximum absolute atomic E-state index is 13.2. The number of hydrogen-bond donors (Lipinski definition) is 0. The number of carbonyl (C=O) groups is 3. The Bertz CT molecular complexity index is 1300. The van der Waals surface area contributed by atoms with Crippen molar-refractivity contribution in [2.75, 3.05) is 43.9 Å². The SMILES string of the molecule is CCOP(=O)(CSC(COC(C)=O)COn1cnc2c(OC)nc(N(C(=O)OC(C)(C)C)C(=O)OC(C)(C)C)nc21)OCC. The number of esters is 1. The molecule has 1 atom stereocenters. The highest BCUT2D eigenvalue weighted by Crippen LogP contribution is 2.51. The van der Waals surface area contributed by atoms with Gasteiger partial charge >= 0.3 is 25.8 Å². The zero-order chi connectivity index (χ0) is 33.3. The fraction of sp³-hybridized carbons (Fsp3) is 0.692. The van der Waals surface area contributed by atoms with Crippen LogP contribution >= 0.6 is 19.4 Å². The van der Waals surface area contributed by atoms with Crippen molar-refractivity contribution in [3.05, 3.63) is 6.33 Å². The van der Waals surface area contributed by atoms with Crippen LogP contribution in [0.3, 0.4) is 0 Å². The first-order valence-corrected chi connectivity index (χ1v) is 16.5. The highest BCUT2D eigenvalue weighted by atomic mass is 32.2. The van der Waals surface area contributed by atoms with Crippen LogP contribution in [-0.4, -0.2) is 93.3 Å². The lowest BCUT2D eigenvalue weighted by Crippen LogP contribution is -2.44. The number of aromatic nitrogens is 4. The standard InChI is InChI=1S/C26H42N5O11PS/c1-11-39-43(35,40-12-2)16-44-18(13-37-17(3)32)14-38-30-15-27-19-20(30)28-22(29-21(19)36-10)31(23(33)41-25(4,5)6)24(34)42-26(7,8)9/h15,18H,11-14,16H2,1-10H3. The lowest BCUT2D eigenvalue weighted by molar-refractivity contribution is -0.141. The monoisotopic (exact) mass is 663 g/mol. The van der Waals surface area contributed by atoms with Crippen LogP contribution < -0.4 is 14.5 Å². The van der Waals surface area contributed by atoms with Crippen LogP contribution in [0.4, 0.5) is 15.5 Å². The number of thioether (sulfide) groups is 1. The summed E-state index contributed by atoms with van der Waals surface area (Å²) in [6.07, 6.45) is -0.868. The van der Waals surface area contributed by atoms with Crippen LogP contribution in [0.5, 0.6) is 5.88 Å². The van der Waals surface area contributed by atoms with E-state index in [-0.39, 0.29) is 49.0 Å². The number of fused-ring (bicyclic) bond motifs is 1. The average Bonchev–Trinajstić information content (AvgIpc) is 3.29. The largest absolute Gasteiger partial charge is 0.479 e. The Labute approximate surface area is 260 Å². The summed E-state index contributed by atoms with van der Waals surface area (Å²) >= 11 is 1.17. The molecule has 0 saturated carbocycles. The van der Waals surface area contributed by atoms with Crippen molar-refractivity contribution in [1.82, 2.24) is 19.7 Å². The van der Waals surface area contributed by atoms with Gasteiger partial charge in [0.15, 0.2) is 5.52 Å². The van der Waals surface area contributed by atoms with E-state index in [1.807, 2.05) is 0 Å². The first-order valence-electron chi connectivity index (χ1n) is 13.7. The Hall–Kier alpha value is -3.14. The van der Waals surface area contributed by atoms with E-state index in [0.29, 0.717) is 4.90 Å². The van der Waals surface area contributed by atoms with E-state index >= 15 is 0 Å². The summed E-state index contributed by atoms with van der Waals surface area (Å²) in [5.41, 5.74) is -1.74. The number of rotatable bonds is 14. The number of amides is 2. The van der Waals surface area contributed by atoms with E-state index in [2.05, 4.69) is 15.0 Å². The molecule has 248 valence electrons. The minimum Gasteiger partial charge on any atom is -0.479 e. The van der Waals surface area contributed by atoms with Gasteiger partial charge in [-0.05, 0) is 55.4 Å². The van der Waals surface area contributed by atoms with Crippen molar-refractivity contribution in [2.24, 2.45) is 0 Å². The molecule has 16 nitrogen and oxygen atoms in total. The number of anilines is 1. The van der Waals surface area contributed by atoms with E-state index < -0.39 is 48.2 Å². The van der Waals surface area contributed by atoms with Crippen molar-refractivity contribution >= 4 is 54.6 Å². The Kier molecular flexibility index (Phi) is 13.2. The second-order valence-corrected chi connectivity index (χ2v) is 14.8. The molecule has 0 aromatic carbocycles. The summed E-state index contributed by atoms with van der Waals surface area (Å²) in [7, 11) is -2.07. The average molecular weight is 664 g/mol. The molecule has 18 heteroatoms. The van der Waals surface area contributed by atoms with Crippen molar-refractivity contribution in [3.63, 3.8) is 0 Å². The van der Waals surface area contributed by atoms with E-state index in [0.717, 1.165) is 0 Å². The van der Waals surface area contributed by atoms with Crippen molar-refractivity contribution in [2.45, 2.75) is 78.8 Å². The van der Waals surface area contributed by atoms with Gasteiger partial charge in [0, 0.05) is 6.92 Å². The molecule has 0 aliphatic carbocycles. The quantitative estimate of drug-likeness (QED) is 0.152. The minimum atomic E-state index is -3.40. The molecule has 0 spiro atoms. The summed E-state index contributed by atoms with van der Waals surface area (Å²) in [6.45, 7) is 14.7. The first-order chi connectivity index (χ1) is 20.4. The number of ether oxygens (including phenoxy) is 4. The Balaban J connectivity index is 2.46. The predicted molar refractivity (Wildman–Crippen MR) is 162 cm³/mol. The molecule has 2 aromatic heterocycles. The van der Waals surface area contributed by atoms with Gasteiger partial charge in [-0.25, -0.2) is 14.6 Å². The predicted octanol–water partition coefficient (Wildman–Crippen LogP) is 4.83. The van der Waals surface area contributed by atoms with Gasteiger partial charge in [0.25, 0.3) is 0 Å². The summed E-state index contributed by atoms with van der Waals surface area (Å²) in [5, 5.41) is -0.520. The molecule has 0 aliphatic heterocycles. The van der Waals surface area contributed by atoms with Gasteiger partial charge in [0.1, 0.15) is 30.7 Å². The molecule has 0 aliphatic rings. The fourth-order valence-corrected chi connectivity index (χ4v) is 6.61. The molecule has 2 aromatic rings. The highest BCUT2D eigenvalue weighted by Gasteiger charge is 2.36. The lowest BCUT2D eigenvalue weighted by atomic mass is 10.2. The number of carbonyl (C=O) groups excluding carboxylic acids is 3. The number of hydrogen-bond acceptors (Lipinski definition) is 15. The molecule has 44 heavy (non-hydrogen) atoms. The second-order valence-electron chi connectivity index (χ2n) is 11.0. The van der Waals surface area contributed by atoms with E-state index in [1.54, 1.807) is 55.4 Å². The van der Waals surface area contributed by atoms with Crippen LogP contribution in [0, 0.1) is 0 Å². The first kappa shape index (κ1) is 37.0. The Morgan fingerprint density at radius 3 is 2.02 bits per heavy atom. The maximum atomic E-state index is 13.2. The number of nitrogens with zero attached hydrogens (tertiary/aromatic N) is 5. The van der Waals surface area contributed by atoms with Gasteiger partial charge in [-0.15, -0.1) is 16.7 Å². The van der Waals surface area contributed by atoms with Crippen LogP contribution in [0.25, 0.3) is 11.2 Å². The van der Waals surface area contributed by atoms with Gasteiger partial charge in [0.05, 0.1) is 31.1 Å². The van der Waals surface area contributed by atoms with Gasteiger partial charge in [0.2, 0.25) is 17.5 Å². The second kappa shape index (κ2) is 15.7. The molecule has 1 unspecified atom stereocenters. The molecule has 2 rings (SSSR count). The topological polar surface area (TPSA) is 180 Å². The summed E-state index contributed by atoms with van der Waals surface area (Å²) in [4.78, 5) is 57.2. The number of imidazole rings is 1. The van der Waals surface area contributed by atoms with Crippen LogP contribution in [0.1, 0.15) is 62.3 Å². The van der Waals surface area contributed by atoms with E-state index in [9.17, 15) is 18.9 Å². The van der Waals surface area contributed by atoms with Gasteiger partial charge in [-0.3, -0.25) is 9.36 Å². The third-order valence-electron chi connectivity index (χ3n) is 4.86. The molecule has 0 N–H and O–H groups in total. The third kappa shape index (κ3) is 11.4. The molecule has 2 amide bonds. The molecule has 0 radical (unpaired) electrons. The van der Waals surface area contributed by atoms with Crippen molar-refractivity contribution in [3.8, 4) is 5.88 Å². The molecule has 0 saturated heterocycles. The smallest absolute Gasteiger partial charge is 0.427 e.